The monoisotopic (exact) mass is 336 g/mol. The van der Waals surface area contributed by atoms with Crippen molar-refractivity contribution in [3.63, 3.8) is 0 Å². The third-order valence-electron chi connectivity index (χ3n) is 2.62. The maximum Gasteiger partial charge on any atom is 0.142 e. The lowest BCUT2D eigenvalue weighted by atomic mass is 10.1. The van der Waals surface area contributed by atoms with Crippen molar-refractivity contribution in [2.24, 2.45) is 5.73 Å². The summed E-state index contributed by atoms with van der Waals surface area (Å²) in [6, 6.07) is 13.4. The molecule has 0 aliphatic rings. The van der Waals surface area contributed by atoms with Gasteiger partial charge in [-0.15, -0.1) is 0 Å². The van der Waals surface area contributed by atoms with Gasteiger partial charge in [0.05, 0.1) is 12.8 Å². The first-order valence-electron chi connectivity index (χ1n) is 5.61. The molecule has 0 atom stereocenters. The molecule has 0 saturated carbocycles. The summed E-state index contributed by atoms with van der Waals surface area (Å²) < 4.78 is 6.24. The fourth-order valence-electron chi connectivity index (χ4n) is 1.72. The van der Waals surface area contributed by atoms with Crippen LogP contribution in [-0.4, -0.2) is 12.1 Å². The Morgan fingerprint density at radius 1 is 1.21 bits per heavy atom. The average Bonchev–Trinajstić information content (AvgIpc) is 2.41. The lowest BCUT2D eigenvalue weighted by molar-refractivity contribution is 0.417. The van der Waals surface area contributed by atoms with Crippen molar-refractivity contribution < 1.29 is 4.74 Å². The van der Waals surface area contributed by atoms with E-state index in [1.807, 2.05) is 42.5 Å². The zero-order valence-corrected chi connectivity index (χ0v) is 12.7. The Morgan fingerprint density at radius 3 is 2.63 bits per heavy atom. The minimum atomic E-state index is 0.346. The minimum Gasteiger partial charge on any atom is -0.495 e. The van der Waals surface area contributed by atoms with Gasteiger partial charge in [-0.3, -0.25) is 0 Å². The van der Waals surface area contributed by atoms with Gasteiger partial charge in [0.2, 0.25) is 0 Å². The van der Waals surface area contributed by atoms with E-state index in [9.17, 15) is 0 Å². The van der Waals surface area contributed by atoms with Crippen LogP contribution >= 0.6 is 28.1 Å². The largest absolute Gasteiger partial charge is 0.495 e. The third kappa shape index (κ3) is 3.24. The molecule has 0 unspecified atom stereocenters. The summed E-state index contributed by atoms with van der Waals surface area (Å²) in [6.07, 6.45) is 0. The van der Waals surface area contributed by atoms with E-state index in [0.29, 0.717) is 4.99 Å². The maximum atomic E-state index is 5.75. The number of methoxy groups -OCH3 is 1. The van der Waals surface area contributed by atoms with E-state index in [-0.39, 0.29) is 0 Å². The van der Waals surface area contributed by atoms with Gasteiger partial charge >= 0.3 is 0 Å². The highest BCUT2D eigenvalue weighted by molar-refractivity contribution is 9.10. The van der Waals surface area contributed by atoms with Crippen LogP contribution in [0, 0.1) is 0 Å². The van der Waals surface area contributed by atoms with Gasteiger partial charge in [0, 0.05) is 15.7 Å². The van der Waals surface area contributed by atoms with Gasteiger partial charge in [0.1, 0.15) is 10.7 Å². The molecule has 0 saturated heterocycles. The van der Waals surface area contributed by atoms with Crippen LogP contribution in [0.2, 0.25) is 0 Å². The van der Waals surface area contributed by atoms with Gasteiger partial charge < -0.3 is 15.8 Å². The molecule has 5 heteroatoms. The summed E-state index contributed by atoms with van der Waals surface area (Å²) in [5, 5.41) is 3.29. The standard InChI is InChI=1S/C14H13BrN2OS/c1-18-13-5-3-2-4-12(13)17-11-7-6-9(15)8-10(11)14(16)19/h2-8,17H,1H3,(H2,16,19). The average molecular weight is 337 g/mol. The Labute approximate surface area is 125 Å². The second-order valence-corrected chi connectivity index (χ2v) is 5.23. The van der Waals surface area contributed by atoms with E-state index in [1.165, 1.54) is 0 Å². The number of thiocarbonyl (C=S) groups is 1. The predicted molar refractivity (Wildman–Crippen MR) is 86.3 cm³/mol. The van der Waals surface area contributed by atoms with Crippen LogP contribution in [-0.2, 0) is 0 Å². The van der Waals surface area contributed by atoms with Gasteiger partial charge in [0.15, 0.2) is 0 Å². The van der Waals surface area contributed by atoms with Crippen molar-refractivity contribution >= 4 is 44.5 Å². The summed E-state index contributed by atoms with van der Waals surface area (Å²) in [5.74, 6) is 0.763. The van der Waals surface area contributed by atoms with Crippen molar-refractivity contribution in [1.29, 1.82) is 0 Å². The lowest BCUT2D eigenvalue weighted by Crippen LogP contribution is -2.12. The molecule has 2 rings (SSSR count). The lowest BCUT2D eigenvalue weighted by Gasteiger charge is -2.14. The minimum absolute atomic E-state index is 0.346. The Kier molecular flexibility index (Phi) is 4.39. The van der Waals surface area contributed by atoms with Crippen LogP contribution in [0.25, 0.3) is 0 Å². The summed E-state index contributed by atoms with van der Waals surface area (Å²) in [4.78, 5) is 0.346. The Bertz CT molecular complexity index is 616. The molecule has 0 amide bonds. The third-order valence-corrected chi connectivity index (χ3v) is 3.34. The van der Waals surface area contributed by atoms with Crippen LogP contribution in [0.3, 0.4) is 0 Å². The van der Waals surface area contributed by atoms with Crippen molar-refractivity contribution in [3.8, 4) is 5.75 Å². The van der Waals surface area contributed by atoms with E-state index in [0.717, 1.165) is 27.2 Å². The Balaban J connectivity index is 2.41. The van der Waals surface area contributed by atoms with Gasteiger partial charge in [-0.05, 0) is 30.3 Å². The first kappa shape index (κ1) is 13.8. The van der Waals surface area contributed by atoms with Gasteiger partial charge in [0.25, 0.3) is 0 Å². The van der Waals surface area contributed by atoms with Gasteiger partial charge in [-0.2, -0.15) is 0 Å². The molecule has 0 aliphatic heterocycles. The summed E-state index contributed by atoms with van der Waals surface area (Å²) in [5.41, 5.74) is 8.25. The molecule has 0 radical (unpaired) electrons. The van der Waals surface area contributed by atoms with Crippen LogP contribution in [0.15, 0.2) is 46.9 Å². The topological polar surface area (TPSA) is 47.3 Å². The van der Waals surface area contributed by atoms with Crippen LogP contribution in [0.1, 0.15) is 5.56 Å². The SMILES string of the molecule is COc1ccccc1Nc1ccc(Br)cc1C(N)=S. The van der Waals surface area contributed by atoms with E-state index in [1.54, 1.807) is 7.11 Å². The molecule has 0 fully saturated rings. The van der Waals surface area contributed by atoms with E-state index in [4.69, 9.17) is 22.7 Å². The number of anilines is 2. The first-order valence-corrected chi connectivity index (χ1v) is 6.81. The number of ether oxygens (including phenoxy) is 1. The van der Waals surface area contributed by atoms with Crippen molar-refractivity contribution in [2.45, 2.75) is 0 Å². The molecule has 0 heterocycles. The molecule has 0 spiro atoms. The molecule has 0 bridgehead atoms. The highest BCUT2D eigenvalue weighted by Crippen LogP contribution is 2.30. The van der Waals surface area contributed by atoms with E-state index < -0.39 is 0 Å². The first-order chi connectivity index (χ1) is 9.11. The predicted octanol–water partition coefficient (Wildman–Crippen LogP) is 3.84. The Hall–Kier alpha value is -1.59. The fourth-order valence-corrected chi connectivity index (χ4v) is 2.25. The number of halogens is 1. The molecule has 98 valence electrons. The van der Waals surface area contributed by atoms with E-state index >= 15 is 0 Å². The smallest absolute Gasteiger partial charge is 0.142 e. The quantitative estimate of drug-likeness (QED) is 0.833. The molecule has 2 aromatic carbocycles. The Morgan fingerprint density at radius 2 is 1.95 bits per heavy atom. The number of nitrogens with one attached hydrogen (secondary N) is 1. The molecule has 0 aliphatic carbocycles. The maximum absolute atomic E-state index is 5.75. The number of hydrogen-bond acceptors (Lipinski definition) is 3. The summed E-state index contributed by atoms with van der Waals surface area (Å²) >= 11 is 8.48. The summed E-state index contributed by atoms with van der Waals surface area (Å²) in [7, 11) is 1.64. The molecular formula is C14H13BrN2OS. The molecule has 2 aromatic rings. The molecule has 3 nitrogen and oxygen atoms in total. The van der Waals surface area contributed by atoms with Crippen molar-refractivity contribution in [3.05, 3.63) is 52.5 Å². The normalized spacial score (nSPS) is 10.0. The number of hydrogen-bond donors (Lipinski definition) is 2. The molecular weight excluding hydrogens is 324 g/mol. The highest BCUT2D eigenvalue weighted by Gasteiger charge is 2.08. The second kappa shape index (κ2) is 6.04. The second-order valence-electron chi connectivity index (χ2n) is 3.88. The number of benzene rings is 2. The fraction of sp³-hybridized carbons (Fsp3) is 0.0714. The molecule has 3 N–H and O–H groups in total. The number of para-hydroxylation sites is 2. The molecule has 19 heavy (non-hydrogen) atoms. The molecule has 0 aromatic heterocycles. The number of rotatable bonds is 4. The van der Waals surface area contributed by atoms with Crippen LogP contribution in [0.4, 0.5) is 11.4 Å². The van der Waals surface area contributed by atoms with Crippen molar-refractivity contribution in [1.82, 2.24) is 0 Å². The zero-order chi connectivity index (χ0) is 13.8. The van der Waals surface area contributed by atoms with Crippen LogP contribution < -0.4 is 15.8 Å². The van der Waals surface area contributed by atoms with Crippen molar-refractivity contribution in [2.75, 3.05) is 12.4 Å². The van der Waals surface area contributed by atoms with Gasteiger partial charge in [-0.1, -0.05) is 40.3 Å². The highest BCUT2D eigenvalue weighted by atomic mass is 79.9. The number of nitrogens with two attached hydrogens (primary N) is 1. The van der Waals surface area contributed by atoms with E-state index in [2.05, 4.69) is 21.2 Å². The summed E-state index contributed by atoms with van der Waals surface area (Å²) in [6.45, 7) is 0. The van der Waals surface area contributed by atoms with Crippen LogP contribution in [0.5, 0.6) is 5.75 Å². The zero-order valence-electron chi connectivity index (χ0n) is 10.3. The van der Waals surface area contributed by atoms with Gasteiger partial charge in [-0.25, -0.2) is 0 Å².